The average Bonchev–Trinajstić information content (AvgIpc) is 3.11. The molecular formula is C29H39NO9. The van der Waals surface area contributed by atoms with E-state index in [4.69, 9.17) is 24.1 Å². The van der Waals surface area contributed by atoms with Gasteiger partial charge in [0.25, 0.3) is 5.97 Å². The number of esters is 1. The number of carboxylic acid groups (broad SMARTS) is 2. The number of Topliss-reactive ketones (excluding diaryl/α,β-unsaturated/α-hetero) is 1. The Morgan fingerprint density at radius 2 is 1.87 bits per heavy atom. The Kier molecular flexibility index (Phi) is 9.77. The molecule has 4 atom stereocenters. The lowest BCUT2D eigenvalue weighted by molar-refractivity contribution is -0.149. The lowest BCUT2D eigenvalue weighted by Crippen LogP contribution is -2.43. The first-order valence-corrected chi connectivity index (χ1v) is 13.3. The minimum Gasteiger partial charge on any atom is -0.493 e. The summed E-state index contributed by atoms with van der Waals surface area (Å²) in [5.41, 5.74) is 2.12. The number of nitrogens with zero attached hydrogens (tertiary/aromatic N) is 1. The van der Waals surface area contributed by atoms with Gasteiger partial charge in [0.05, 0.1) is 24.9 Å². The summed E-state index contributed by atoms with van der Waals surface area (Å²) in [7, 11) is 3.75. The summed E-state index contributed by atoms with van der Waals surface area (Å²) < 4.78 is 17.7. The number of ether oxygens (including phenoxy) is 3. The monoisotopic (exact) mass is 545 g/mol. The van der Waals surface area contributed by atoms with Gasteiger partial charge in [-0.15, -0.1) is 0 Å². The first kappa shape index (κ1) is 30.1. The highest BCUT2D eigenvalue weighted by atomic mass is 16.6. The van der Waals surface area contributed by atoms with Crippen LogP contribution in [0.4, 0.5) is 0 Å². The lowest BCUT2D eigenvalue weighted by Gasteiger charge is -2.36. The smallest absolute Gasteiger partial charge is 0.307 e. The molecule has 4 rings (SSSR count). The molecule has 0 fully saturated rings. The van der Waals surface area contributed by atoms with Crippen molar-refractivity contribution in [1.82, 2.24) is 4.90 Å². The van der Waals surface area contributed by atoms with E-state index in [1.165, 1.54) is 11.1 Å². The topological polar surface area (TPSA) is 140 Å². The van der Waals surface area contributed by atoms with E-state index in [0.717, 1.165) is 32.2 Å². The molecule has 2 N–H and O–H groups in total. The van der Waals surface area contributed by atoms with Crippen LogP contribution in [0.1, 0.15) is 64.0 Å². The summed E-state index contributed by atoms with van der Waals surface area (Å²) in [6.45, 7) is 6.39. The largest absolute Gasteiger partial charge is 0.493 e. The predicted molar refractivity (Wildman–Crippen MR) is 142 cm³/mol. The van der Waals surface area contributed by atoms with Crippen LogP contribution in [0.3, 0.4) is 0 Å². The van der Waals surface area contributed by atoms with Gasteiger partial charge in [0.2, 0.25) is 0 Å². The Labute approximate surface area is 228 Å². The van der Waals surface area contributed by atoms with Crippen molar-refractivity contribution in [2.45, 2.75) is 77.0 Å². The van der Waals surface area contributed by atoms with Crippen LogP contribution in [0, 0.1) is 11.8 Å². The van der Waals surface area contributed by atoms with Gasteiger partial charge in [-0.3, -0.25) is 19.2 Å². The molecule has 10 heteroatoms. The molecule has 0 unspecified atom stereocenters. The number of aliphatic carboxylic acids is 2. The van der Waals surface area contributed by atoms with Crippen molar-refractivity contribution in [3.63, 3.8) is 0 Å². The first-order chi connectivity index (χ1) is 18.4. The number of hydrogen-bond acceptors (Lipinski definition) is 8. The van der Waals surface area contributed by atoms with Crippen LogP contribution in [-0.4, -0.2) is 71.7 Å². The van der Waals surface area contributed by atoms with Crippen LogP contribution in [-0.2, 0) is 35.9 Å². The first-order valence-electron chi connectivity index (χ1n) is 13.3. The van der Waals surface area contributed by atoms with Crippen LogP contribution < -0.4 is 9.47 Å². The zero-order valence-electron chi connectivity index (χ0n) is 23.3. The van der Waals surface area contributed by atoms with Crippen LogP contribution in [0.5, 0.6) is 11.5 Å². The van der Waals surface area contributed by atoms with Gasteiger partial charge in [0.15, 0.2) is 11.5 Å². The van der Waals surface area contributed by atoms with Gasteiger partial charge < -0.3 is 29.3 Å². The van der Waals surface area contributed by atoms with Crippen LogP contribution in [0.25, 0.3) is 0 Å². The molecule has 2 aliphatic heterocycles. The number of benzene rings is 1. The second-order valence-corrected chi connectivity index (χ2v) is 10.8. The van der Waals surface area contributed by atoms with Crippen LogP contribution in [0.2, 0.25) is 0 Å². The van der Waals surface area contributed by atoms with Gasteiger partial charge in [0, 0.05) is 38.3 Å². The number of methoxy groups -OCH3 is 1. The molecule has 0 saturated heterocycles. The minimum absolute atomic E-state index is 0.0199. The molecule has 214 valence electrons. The minimum atomic E-state index is -0.987. The third-order valence-electron chi connectivity index (χ3n) is 7.59. The summed E-state index contributed by atoms with van der Waals surface area (Å²) >= 11 is 0. The number of rotatable bonds is 9. The molecule has 10 nitrogen and oxygen atoms in total. The fourth-order valence-electron chi connectivity index (χ4n) is 5.58. The van der Waals surface area contributed by atoms with E-state index in [2.05, 4.69) is 24.1 Å². The number of carboxylic acids is 2. The Morgan fingerprint density at radius 1 is 1.18 bits per heavy atom. The van der Waals surface area contributed by atoms with Gasteiger partial charge in [-0.1, -0.05) is 26.0 Å². The van der Waals surface area contributed by atoms with Crippen molar-refractivity contribution in [3.05, 3.63) is 35.4 Å². The van der Waals surface area contributed by atoms with Crippen LogP contribution in [0.15, 0.2) is 24.3 Å². The molecule has 0 saturated carbocycles. The van der Waals surface area contributed by atoms with E-state index < -0.39 is 29.9 Å². The molecule has 0 aromatic heterocycles. The zero-order valence-corrected chi connectivity index (χ0v) is 23.3. The van der Waals surface area contributed by atoms with Gasteiger partial charge in [0.1, 0.15) is 18.0 Å². The third kappa shape index (κ3) is 6.98. The number of carbonyl (C=O) groups is 4. The highest BCUT2D eigenvalue weighted by Crippen LogP contribution is 2.55. The maximum absolute atomic E-state index is 12.5. The summed E-state index contributed by atoms with van der Waals surface area (Å²) in [6.07, 6.45) is 4.73. The maximum Gasteiger partial charge on any atom is 0.307 e. The Bertz CT molecular complexity index is 1120. The fourth-order valence-corrected chi connectivity index (χ4v) is 5.58. The molecule has 0 bridgehead atoms. The summed E-state index contributed by atoms with van der Waals surface area (Å²) in [5.74, 6) is -1.92. The van der Waals surface area contributed by atoms with Crippen molar-refractivity contribution in [2.75, 3.05) is 20.7 Å². The van der Waals surface area contributed by atoms with E-state index in [1.54, 1.807) is 21.0 Å². The van der Waals surface area contributed by atoms with Crippen LogP contribution >= 0.6 is 0 Å². The number of hydrogen-bond donors (Lipinski definition) is 2. The quantitative estimate of drug-likeness (QED) is 0.349. The highest BCUT2D eigenvalue weighted by Gasteiger charge is 2.53. The van der Waals surface area contributed by atoms with E-state index in [9.17, 15) is 19.5 Å². The molecule has 1 spiro atoms. The molecule has 0 amide bonds. The van der Waals surface area contributed by atoms with Gasteiger partial charge in [-0.05, 0) is 43.6 Å². The molecular weight excluding hydrogens is 506 g/mol. The molecule has 2 heterocycles. The van der Waals surface area contributed by atoms with E-state index in [-0.39, 0.29) is 42.5 Å². The second kappa shape index (κ2) is 12.6. The van der Waals surface area contributed by atoms with Gasteiger partial charge in [-0.2, -0.15) is 0 Å². The van der Waals surface area contributed by atoms with Crippen molar-refractivity contribution >= 4 is 23.7 Å². The van der Waals surface area contributed by atoms with Crippen molar-refractivity contribution in [1.29, 1.82) is 0 Å². The van der Waals surface area contributed by atoms with Gasteiger partial charge in [-0.25, -0.2) is 0 Å². The normalized spacial score (nSPS) is 23.7. The van der Waals surface area contributed by atoms with E-state index in [1.807, 2.05) is 12.1 Å². The second-order valence-electron chi connectivity index (χ2n) is 10.8. The molecule has 1 aliphatic carbocycles. The Hall–Kier alpha value is -3.40. The third-order valence-corrected chi connectivity index (χ3v) is 7.59. The molecule has 1 aromatic carbocycles. The molecule has 3 aliphatic rings. The summed E-state index contributed by atoms with van der Waals surface area (Å²) in [6, 6.07) is 4.06. The van der Waals surface area contributed by atoms with Gasteiger partial charge >= 0.3 is 11.9 Å². The average molecular weight is 546 g/mol. The zero-order chi connectivity index (χ0) is 28.9. The van der Waals surface area contributed by atoms with Crippen molar-refractivity contribution in [3.8, 4) is 11.5 Å². The lowest BCUT2D eigenvalue weighted by atomic mass is 9.69. The number of ketones is 1. The molecule has 1 aromatic rings. The Balaban J connectivity index is 0.000000983. The standard InChI is InChI=1S/C27H35NO7.C2H4O2/c1-16(2)20(26(31)32)13-18(29)6-8-23(30)34-19-9-10-27-11-12-28(3)15-17-5-7-21(33-4)25(24(17)27)35-22(27)14-19;1-2(3)4/h5,7,9-10,16,19-20,22H,6,8,11-15H2,1-4H3,(H,31,32);1H3,(H,3,4)/t19-,20-,22-,27-;/m0./s1. The molecule has 0 radical (unpaired) electrons. The SMILES string of the molecule is CC(=O)O.COc1ccc2c3c1O[C@H]1C[C@@H](OC(=O)CCC(=O)C[C@H](C(=O)O)C(C)C)C=C[C@@]31CCN(C)C2. The summed E-state index contributed by atoms with van der Waals surface area (Å²) in [5, 5.41) is 16.7. The maximum atomic E-state index is 12.5. The number of carbonyl (C=O) groups excluding carboxylic acids is 2. The predicted octanol–water partition coefficient (Wildman–Crippen LogP) is 3.59. The fraction of sp³-hybridized carbons (Fsp3) is 0.586. The summed E-state index contributed by atoms with van der Waals surface area (Å²) in [4.78, 5) is 47.4. The van der Waals surface area contributed by atoms with E-state index >= 15 is 0 Å². The molecule has 39 heavy (non-hydrogen) atoms. The van der Waals surface area contributed by atoms with E-state index in [0.29, 0.717) is 12.2 Å². The Morgan fingerprint density at radius 3 is 2.49 bits per heavy atom. The van der Waals surface area contributed by atoms with Crippen molar-refractivity contribution < 1.29 is 43.6 Å². The van der Waals surface area contributed by atoms with Crippen molar-refractivity contribution in [2.24, 2.45) is 11.8 Å². The highest BCUT2D eigenvalue weighted by molar-refractivity contribution is 5.86.